The maximum atomic E-state index is 14.2. The Labute approximate surface area is 229 Å². The van der Waals surface area contributed by atoms with Crippen LogP contribution < -0.4 is 0 Å². The highest BCUT2D eigenvalue weighted by molar-refractivity contribution is 5.67. The van der Waals surface area contributed by atoms with E-state index in [4.69, 9.17) is 0 Å². The highest BCUT2D eigenvalue weighted by atomic mass is 19.2. The molecule has 3 aromatic rings. The van der Waals surface area contributed by atoms with Gasteiger partial charge < -0.3 is 0 Å². The summed E-state index contributed by atoms with van der Waals surface area (Å²) in [5.74, 6) is -1.07. The van der Waals surface area contributed by atoms with Crippen LogP contribution in [-0.4, -0.2) is 0 Å². The lowest BCUT2D eigenvalue weighted by atomic mass is 9.82. The molecule has 0 spiro atoms. The zero-order chi connectivity index (χ0) is 26.6. The second-order valence-corrected chi connectivity index (χ2v) is 11.1. The third kappa shape index (κ3) is 8.13. The smallest absolute Gasteiger partial charge is 0.166 e. The fraction of sp³-hybridized carbons (Fsp3) is 0.444. The van der Waals surface area contributed by atoms with Gasteiger partial charge in [0.05, 0.1) is 0 Å². The standard InChI is InChI=1S/C36H44F2/c1-2-3-4-5-6-7-8-9-10-11-13-28-16-18-29(19-17-28)30-20-22-31(23-21-30)32-24-26-33(27-25-32)34-14-12-15-35(37)36(34)38/h12,14-23,26,32H,2-11,13,24-25,27H2,1H3. The van der Waals surface area contributed by atoms with E-state index in [1.165, 1.54) is 98.9 Å². The first-order valence-corrected chi connectivity index (χ1v) is 15.0. The lowest BCUT2D eigenvalue weighted by molar-refractivity contribution is 0.505. The molecule has 0 saturated heterocycles. The maximum absolute atomic E-state index is 14.2. The molecule has 0 aromatic heterocycles. The first-order valence-electron chi connectivity index (χ1n) is 15.0. The summed E-state index contributed by atoms with van der Waals surface area (Å²) in [5, 5.41) is 0. The van der Waals surface area contributed by atoms with Crippen molar-refractivity contribution in [1.29, 1.82) is 0 Å². The molecule has 0 nitrogen and oxygen atoms in total. The van der Waals surface area contributed by atoms with Gasteiger partial charge in [-0.25, -0.2) is 8.78 Å². The monoisotopic (exact) mass is 514 g/mol. The number of hydrogen-bond donors (Lipinski definition) is 0. The molecule has 0 bridgehead atoms. The van der Waals surface area contributed by atoms with Crippen molar-refractivity contribution in [3.63, 3.8) is 0 Å². The number of hydrogen-bond acceptors (Lipinski definition) is 0. The average molecular weight is 515 g/mol. The van der Waals surface area contributed by atoms with Crippen molar-refractivity contribution in [3.8, 4) is 11.1 Å². The Hall–Kier alpha value is -2.74. The van der Waals surface area contributed by atoms with Crippen LogP contribution in [0.15, 0.2) is 72.8 Å². The molecule has 3 aromatic carbocycles. The molecule has 0 amide bonds. The summed E-state index contributed by atoms with van der Waals surface area (Å²) in [4.78, 5) is 0. The minimum Gasteiger partial charge on any atom is -0.204 e. The SMILES string of the molecule is CCCCCCCCCCCCc1ccc(-c2ccc(C3CC=C(c4cccc(F)c4F)CC3)cc2)cc1. The van der Waals surface area contributed by atoms with E-state index in [9.17, 15) is 8.78 Å². The number of halogens is 2. The Bertz CT molecular complexity index is 1140. The van der Waals surface area contributed by atoms with Gasteiger partial charge in [-0.2, -0.15) is 0 Å². The van der Waals surface area contributed by atoms with E-state index in [0.29, 0.717) is 11.5 Å². The Morgan fingerprint density at radius 3 is 1.89 bits per heavy atom. The third-order valence-corrected chi connectivity index (χ3v) is 8.20. The number of unbranched alkanes of at least 4 members (excludes halogenated alkanes) is 9. The van der Waals surface area contributed by atoms with E-state index < -0.39 is 11.6 Å². The number of aryl methyl sites for hydroxylation is 1. The normalized spacial score (nSPS) is 15.4. The second-order valence-electron chi connectivity index (χ2n) is 11.1. The van der Waals surface area contributed by atoms with Crippen LogP contribution in [0.4, 0.5) is 8.78 Å². The van der Waals surface area contributed by atoms with Gasteiger partial charge in [0.25, 0.3) is 0 Å². The van der Waals surface area contributed by atoms with E-state index in [1.54, 1.807) is 12.1 Å². The van der Waals surface area contributed by atoms with E-state index >= 15 is 0 Å². The molecule has 1 atom stereocenters. The summed E-state index contributed by atoms with van der Waals surface area (Å²) in [6, 6.07) is 22.4. The fourth-order valence-electron chi connectivity index (χ4n) is 5.76. The Kier molecular flexibility index (Phi) is 11.2. The zero-order valence-electron chi connectivity index (χ0n) is 23.2. The Morgan fingerprint density at radius 1 is 0.684 bits per heavy atom. The molecule has 4 rings (SSSR count). The van der Waals surface area contributed by atoms with Crippen molar-refractivity contribution < 1.29 is 8.78 Å². The number of benzene rings is 3. The van der Waals surface area contributed by atoms with Crippen LogP contribution in [0.25, 0.3) is 16.7 Å². The third-order valence-electron chi connectivity index (χ3n) is 8.20. The van der Waals surface area contributed by atoms with Gasteiger partial charge in [0.2, 0.25) is 0 Å². The van der Waals surface area contributed by atoms with Gasteiger partial charge in [-0.3, -0.25) is 0 Å². The van der Waals surface area contributed by atoms with Crippen LogP contribution in [0, 0.1) is 11.6 Å². The van der Waals surface area contributed by atoms with Crippen LogP contribution >= 0.6 is 0 Å². The highest BCUT2D eigenvalue weighted by Gasteiger charge is 2.20. The largest absolute Gasteiger partial charge is 0.204 e. The topological polar surface area (TPSA) is 0 Å². The number of allylic oxidation sites excluding steroid dienone is 2. The van der Waals surface area contributed by atoms with Gasteiger partial charge in [0.1, 0.15) is 0 Å². The molecule has 38 heavy (non-hydrogen) atoms. The molecule has 0 saturated carbocycles. The molecule has 202 valence electrons. The zero-order valence-corrected chi connectivity index (χ0v) is 23.2. The lowest BCUT2D eigenvalue weighted by Crippen LogP contribution is -2.05. The van der Waals surface area contributed by atoms with Crippen molar-refractivity contribution >= 4 is 5.57 Å². The van der Waals surface area contributed by atoms with Crippen LogP contribution in [-0.2, 0) is 6.42 Å². The number of rotatable bonds is 14. The summed E-state index contributed by atoms with van der Waals surface area (Å²) < 4.78 is 27.8. The van der Waals surface area contributed by atoms with E-state index in [-0.39, 0.29) is 0 Å². The van der Waals surface area contributed by atoms with Gasteiger partial charge in [-0.1, -0.05) is 131 Å². The fourth-order valence-corrected chi connectivity index (χ4v) is 5.76. The van der Waals surface area contributed by atoms with Crippen LogP contribution in [0.3, 0.4) is 0 Å². The predicted molar refractivity (Wildman–Crippen MR) is 158 cm³/mol. The predicted octanol–water partition coefficient (Wildman–Crippen LogP) is 11.4. The second kappa shape index (κ2) is 15.0. The highest BCUT2D eigenvalue weighted by Crippen LogP contribution is 2.37. The average Bonchev–Trinajstić information content (AvgIpc) is 2.96. The van der Waals surface area contributed by atoms with Crippen molar-refractivity contribution in [1.82, 2.24) is 0 Å². The van der Waals surface area contributed by atoms with Gasteiger partial charge >= 0.3 is 0 Å². The Morgan fingerprint density at radius 2 is 1.29 bits per heavy atom. The molecule has 0 radical (unpaired) electrons. The molecule has 0 heterocycles. The molecular weight excluding hydrogens is 470 g/mol. The molecule has 1 aliphatic carbocycles. The molecule has 1 unspecified atom stereocenters. The Balaban J connectivity index is 1.20. The summed E-state index contributed by atoms with van der Waals surface area (Å²) >= 11 is 0. The molecule has 0 N–H and O–H groups in total. The van der Waals surface area contributed by atoms with Gasteiger partial charge in [0, 0.05) is 5.56 Å². The quantitative estimate of drug-likeness (QED) is 0.188. The van der Waals surface area contributed by atoms with Gasteiger partial charge in [0.15, 0.2) is 11.6 Å². The molecule has 0 aliphatic heterocycles. The van der Waals surface area contributed by atoms with Crippen molar-refractivity contribution in [2.45, 2.75) is 103 Å². The van der Waals surface area contributed by atoms with E-state index in [0.717, 1.165) is 24.8 Å². The molecule has 1 aliphatic rings. The molecule has 0 fully saturated rings. The minimum absolute atomic E-state index is 0.412. The minimum atomic E-state index is -0.770. The summed E-state index contributed by atoms with van der Waals surface area (Å²) in [6.07, 6.45) is 19.6. The summed E-state index contributed by atoms with van der Waals surface area (Å²) in [6.45, 7) is 2.28. The first kappa shape index (κ1) is 28.3. The molecular formula is C36H44F2. The van der Waals surface area contributed by atoms with Crippen molar-refractivity contribution in [3.05, 3.63) is 101 Å². The van der Waals surface area contributed by atoms with Crippen LogP contribution in [0.2, 0.25) is 0 Å². The van der Waals surface area contributed by atoms with Crippen LogP contribution in [0.1, 0.15) is 113 Å². The lowest BCUT2D eigenvalue weighted by Gasteiger charge is -2.23. The summed E-state index contributed by atoms with van der Waals surface area (Å²) in [5.41, 5.74) is 6.60. The first-order chi connectivity index (χ1) is 18.7. The van der Waals surface area contributed by atoms with E-state index in [2.05, 4.69) is 61.5 Å². The van der Waals surface area contributed by atoms with Crippen molar-refractivity contribution in [2.24, 2.45) is 0 Å². The summed E-state index contributed by atoms with van der Waals surface area (Å²) in [7, 11) is 0. The van der Waals surface area contributed by atoms with E-state index in [1.807, 2.05) is 0 Å². The molecule has 2 heteroatoms. The van der Waals surface area contributed by atoms with Crippen molar-refractivity contribution in [2.75, 3.05) is 0 Å². The maximum Gasteiger partial charge on any atom is 0.166 e. The van der Waals surface area contributed by atoms with Crippen LogP contribution in [0.5, 0.6) is 0 Å². The van der Waals surface area contributed by atoms with Gasteiger partial charge in [-0.05, 0) is 71.9 Å². The van der Waals surface area contributed by atoms with Gasteiger partial charge in [-0.15, -0.1) is 0 Å².